The van der Waals surface area contributed by atoms with Crippen LogP contribution < -0.4 is 15.8 Å². The maximum atomic E-state index is 11.8. The number of pyridine rings is 1. The van der Waals surface area contributed by atoms with Gasteiger partial charge in [0.1, 0.15) is 6.10 Å². The van der Waals surface area contributed by atoms with Crippen molar-refractivity contribution in [1.29, 1.82) is 0 Å². The van der Waals surface area contributed by atoms with E-state index in [1.54, 1.807) is 19.1 Å². The third kappa shape index (κ3) is 2.27. The predicted molar refractivity (Wildman–Crippen MR) is 57.4 cm³/mol. The van der Waals surface area contributed by atoms with Crippen LogP contribution in [0.25, 0.3) is 0 Å². The average molecular weight is 237 g/mol. The Morgan fingerprint density at radius 1 is 1.65 bits per heavy atom. The molecule has 0 aliphatic carbocycles. The minimum absolute atomic E-state index is 0.292. The summed E-state index contributed by atoms with van der Waals surface area (Å²) in [7, 11) is 0. The topological polar surface area (TPSA) is 104 Å². The summed E-state index contributed by atoms with van der Waals surface area (Å²) < 4.78 is 10.2. The van der Waals surface area contributed by atoms with Crippen LogP contribution in [0, 0.1) is 0 Å². The lowest BCUT2D eigenvalue weighted by Crippen LogP contribution is -2.42. The van der Waals surface area contributed by atoms with Crippen molar-refractivity contribution < 1.29 is 19.1 Å². The minimum atomic E-state index is -1.10. The number of fused-ring (bicyclic) bond motifs is 1. The molecule has 0 unspecified atom stereocenters. The van der Waals surface area contributed by atoms with Crippen molar-refractivity contribution >= 4 is 17.8 Å². The SMILES string of the molecule is C[C@H]1Oc2cccnc2NC(=O)[C@H]1OC(N)=O. The monoisotopic (exact) mass is 237 g/mol. The first-order valence-electron chi connectivity index (χ1n) is 4.96. The zero-order valence-electron chi connectivity index (χ0n) is 9.04. The van der Waals surface area contributed by atoms with Crippen molar-refractivity contribution in [1.82, 2.24) is 4.98 Å². The molecule has 90 valence electrons. The van der Waals surface area contributed by atoms with E-state index in [-0.39, 0.29) is 0 Å². The summed E-state index contributed by atoms with van der Waals surface area (Å²) in [5.74, 6) is 0.192. The third-order valence-corrected chi connectivity index (χ3v) is 2.25. The van der Waals surface area contributed by atoms with Crippen LogP contribution >= 0.6 is 0 Å². The van der Waals surface area contributed by atoms with Crippen molar-refractivity contribution in [2.24, 2.45) is 5.73 Å². The number of rotatable bonds is 1. The number of amides is 2. The highest BCUT2D eigenvalue weighted by molar-refractivity contribution is 5.96. The number of primary amides is 1. The molecule has 0 saturated heterocycles. The van der Waals surface area contributed by atoms with Crippen molar-refractivity contribution in [3.8, 4) is 5.75 Å². The van der Waals surface area contributed by atoms with E-state index in [0.29, 0.717) is 11.6 Å². The Kier molecular flexibility index (Phi) is 2.82. The van der Waals surface area contributed by atoms with Gasteiger partial charge in [0, 0.05) is 6.20 Å². The van der Waals surface area contributed by atoms with E-state index in [9.17, 15) is 9.59 Å². The van der Waals surface area contributed by atoms with E-state index in [1.165, 1.54) is 6.20 Å². The number of nitrogens with two attached hydrogens (primary N) is 1. The molecule has 7 heteroatoms. The Hall–Kier alpha value is -2.31. The van der Waals surface area contributed by atoms with E-state index < -0.39 is 24.2 Å². The second-order valence-corrected chi connectivity index (χ2v) is 3.52. The molecule has 2 amide bonds. The van der Waals surface area contributed by atoms with Gasteiger partial charge in [-0.1, -0.05) is 0 Å². The van der Waals surface area contributed by atoms with Crippen LogP contribution in [-0.4, -0.2) is 29.2 Å². The molecule has 2 rings (SSSR count). The Balaban J connectivity index is 2.28. The minimum Gasteiger partial charge on any atom is -0.482 e. The molecule has 7 nitrogen and oxygen atoms in total. The number of nitrogens with one attached hydrogen (secondary N) is 1. The molecule has 2 atom stereocenters. The van der Waals surface area contributed by atoms with Gasteiger partial charge in [0.25, 0.3) is 5.91 Å². The van der Waals surface area contributed by atoms with Crippen LogP contribution in [0.1, 0.15) is 6.92 Å². The standard InChI is InChI=1S/C10H11N3O4/c1-5-7(17-10(11)15)9(14)13-8-6(16-5)3-2-4-12-8/h2-5,7H,1H3,(H2,11,15)(H,12,13,14)/t5-,7+/m1/s1. The predicted octanol–water partition coefficient (Wildman–Crippen LogP) is 0.265. The van der Waals surface area contributed by atoms with Crippen LogP contribution in [0.3, 0.4) is 0 Å². The molecule has 0 radical (unpaired) electrons. The number of hydrogen-bond donors (Lipinski definition) is 2. The average Bonchev–Trinajstić information content (AvgIpc) is 2.38. The zero-order chi connectivity index (χ0) is 12.4. The maximum Gasteiger partial charge on any atom is 0.405 e. The normalized spacial score (nSPS) is 22.8. The molecule has 1 aliphatic heterocycles. The van der Waals surface area contributed by atoms with E-state index in [1.807, 2.05) is 0 Å². The van der Waals surface area contributed by atoms with Crippen molar-refractivity contribution in [3.63, 3.8) is 0 Å². The Morgan fingerprint density at radius 3 is 3.12 bits per heavy atom. The van der Waals surface area contributed by atoms with Crippen LogP contribution in [-0.2, 0) is 9.53 Å². The summed E-state index contributed by atoms with van der Waals surface area (Å²) in [5.41, 5.74) is 4.89. The molecular formula is C10H11N3O4. The smallest absolute Gasteiger partial charge is 0.405 e. The number of anilines is 1. The van der Waals surface area contributed by atoms with Gasteiger partial charge < -0.3 is 20.5 Å². The van der Waals surface area contributed by atoms with Gasteiger partial charge in [-0.15, -0.1) is 0 Å². The van der Waals surface area contributed by atoms with Gasteiger partial charge >= 0.3 is 6.09 Å². The van der Waals surface area contributed by atoms with Crippen LogP contribution in [0.5, 0.6) is 5.75 Å². The second-order valence-electron chi connectivity index (χ2n) is 3.52. The maximum absolute atomic E-state index is 11.8. The summed E-state index contributed by atoms with van der Waals surface area (Å²) in [6, 6.07) is 3.33. The van der Waals surface area contributed by atoms with Gasteiger partial charge in [-0.05, 0) is 19.1 Å². The summed E-state index contributed by atoms with van der Waals surface area (Å²) in [6.07, 6.45) is -1.25. The number of ether oxygens (including phenoxy) is 2. The quantitative estimate of drug-likeness (QED) is 0.729. The molecule has 2 heterocycles. The van der Waals surface area contributed by atoms with Crippen LogP contribution in [0.2, 0.25) is 0 Å². The van der Waals surface area contributed by atoms with Gasteiger partial charge in [-0.2, -0.15) is 0 Å². The molecule has 1 aromatic rings. The van der Waals surface area contributed by atoms with Gasteiger partial charge in [0.05, 0.1) is 0 Å². The van der Waals surface area contributed by atoms with Crippen molar-refractivity contribution in [3.05, 3.63) is 18.3 Å². The fraction of sp³-hybridized carbons (Fsp3) is 0.300. The fourth-order valence-electron chi connectivity index (χ4n) is 1.52. The summed E-state index contributed by atoms with van der Waals surface area (Å²) >= 11 is 0. The molecule has 1 aliphatic rings. The molecule has 0 bridgehead atoms. The summed E-state index contributed by atoms with van der Waals surface area (Å²) in [4.78, 5) is 26.4. The van der Waals surface area contributed by atoms with Crippen molar-refractivity contribution in [2.45, 2.75) is 19.1 Å². The third-order valence-electron chi connectivity index (χ3n) is 2.25. The Bertz CT molecular complexity index is 463. The Labute approximate surface area is 96.9 Å². The van der Waals surface area contributed by atoms with Crippen molar-refractivity contribution in [2.75, 3.05) is 5.32 Å². The number of nitrogens with zero attached hydrogens (tertiary/aromatic N) is 1. The van der Waals surface area contributed by atoms with Crippen LogP contribution in [0.4, 0.5) is 10.6 Å². The molecule has 0 fully saturated rings. The lowest BCUT2D eigenvalue weighted by Gasteiger charge is -2.19. The van der Waals surface area contributed by atoms with E-state index in [2.05, 4.69) is 10.3 Å². The number of carbonyl (C=O) groups excluding carboxylic acids is 2. The number of carbonyl (C=O) groups is 2. The molecule has 17 heavy (non-hydrogen) atoms. The number of aromatic nitrogens is 1. The molecule has 0 spiro atoms. The lowest BCUT2D eigenvalue weighted by molar-refractivity contribution is -0.127. The van der Waals surface area contributed by atoms with E-state index in [4.69, 9.17) is 15.2 Å². The summed E-state index contributed by atoms with van der Waals surface area (Å²) in [5, 5.41) is 2.50. The molecule has 3 N–H and O–H groups in total. The Morgan fingerprint density at radius 2 is 2.41 bits per heavy atom. The highest BCUT2D eigenvalue weighted by Gasteiger charge is 2.34. The first-order chi connectivity index (χ1) is 8.08. The zero-order valence-corrected chi connectivity index (χ0v) is 9.04. The highest BCUT2D eigenvalue weighted by atomic mass is 16.6. The van der Waals surface area contributed by atoms with Crippen LogP contribution in [0.15, 0.2) is 18.3 Å². The fourth-order valence-corrected chi connectivity index (χ4v) is 1.52. The second kappa shape index (κ2) is 4.28. The molecule has 0 aromatic carbocycles. The van der Waals surface area contributed by atoms with Gasteiger partial charge in [-0.25, -0.2) is 9.78 Å². The number of hydrogen-bond acceptors (Lipinski definition) is 5. The highest BCUT2D eigenvalue weighted by Crippen LogP contribution is 2.26. The van der Waals surface area contributed by atoms with Gasteiger partial charge in [-0.3, -0.25) is 4.79 Å². The molecule has 0 saturated carbocycles. The van der Waals surface area contributed by atoms with Gasteiger partial charge in [0.15, 0.2) is 11.6 Å². The lowest BCUT2D eigenvalue weighted by atomic mass is 10.2. The van der Waals surface area contributed by atoms with Gasteiger partial charge in [0.2, 0.25) is 6.10 Å². The molecular weight excluding hydrogens is 226 g/mol. The van der Waals surface area contributed by atoms with E-state index in [0.717, 1.165) is 0 Å². The summed E-state index contributed by atoms with van der Waals surface area (Å²) in [6.45, 7) is 1.61. The first-order valence-corrected chi connectivity index (χ1v) is 4.96. The molecule has 1 aromatic heterocycles. The largest absolute Gasteiger partial charge is 0.482 e. The van der Waals surface area contributed by atoms with E-state index >= 15 is 0 Å². The first kappa shape index (κ1) is 11.2.